The summed E-state index contributed by atoms with van der Waals surface area (Å²) in [5, 5.41) is 0. The number of nitrogens with two attached hydrogens (primary N) is 1. The molecule has 0 atom stereocenters. The van der Waals surface area contributed by atoms with Gasteiger partial charge in [-0.25, -0.2) is 4.98 Å². The summed E-state index contributed by atoms with van der Waals surface area (Å²) in [5.74, 6) is 1.26. The van der Waals surface area contributed by atoms with E-state index in [1.165, 1.54) is 11.1 Å². The molecule has 0 saturated heterocycles. The Morgan fingerprint density at radius 2 is 1.75 bits per heavy atom. The van der Waals surface area contributed by atoms with Crippen molar-refractivity contribution in [2.45, 2.75) is 13.8 Å². The van der Waals surface area contributed by atoms with Crippen LogP contribution in [0.25, 0.3) is 16.7 Å². The zero-order valence-electron chi connectivity index (χ0n) is 11.8. The fourth-order valence-electron chi connectivity index (χ4n) is 2.56. The number of benzene rings is 2. The van der Waals surface area contributed by atoms with E-state index >= 15 is 0 Å². The number of imidazole rings is 1. The third-order valence-corrected chi connectivity index (χ3v) is 3.35. The van der Waals surface area contributed by atoms with Gasteiger partial charge in [-0.2, -0.15) is 0 Å². The number of aromatic nitrogens is 2. The molecule has 4 nitrogen and oxygen atoms in total. The second kappa shape index (κ2) is 4.56. The molecule has 0 aliphatic carbocycles. The molecule has 2 aromatic carbocycles. The Hall–Kier alpha value is -2.49. The predicted octanol–water partition coefficient (Wildman–Crippen LogP) is 3.23. The highest BCUT2D eigenvalue weighted by Gasteiger charge is 2.11. The molecule has 4 heteroatoms. The summed E-state index contributed by atoms with van der Waals surface area (Å²) in [4.78, 5) is 4.42. The number of rotatable bonds is 2. The number of hydrogen-bond acceptors (Lipinski definition) is 3. The number of aryl methyl sites for hydroxylation is 2. The summed E-state index contributed by atoms with van der Waals surface area (Å²) < 4.78 is 7.19. The number of hydrogen-bond donors (Lipinski definition) is 1. The Morgan fingerprint density at radius 3 is 2.40 bits per heavy atom. The average Bonchev–Trinajstić information content (AvgIpc) is 2.72. The van der Waals surface area contributed by atoms with Crippen LogP contribution in [-0.2, 0) is 0 Å². The maximum Gasteiger partial charge on any atom is 0.205 e. The smallest absolute Gasteiger partial charge is 0.205 e. The van der Waals surface area contributed by atoms with Crippen LogP contribution in [0.1, 0.15) is 11.1 Å². The number of nitrogens with zero attached hydrogens (tertiary/aromatic N) is 2. The van der Waals surface area contributed by atoms with Crippen molar-refractivity contribution >= 4 is 17.0 Å². The molecule has 0 spiro atoms. The van der Waals surface area contributed by atoms with Crippen molar-refractivity contribution in [2.24, 2.45) is 0 Å². The third kappa shape index (κ3) is 1.99. The molecule has 3 aromatic rings. The van der Waals surface area contributed by atoms with E-state index in [-0.39, 0.29) is 0 Å². The third-order valence-electron chi connectivity index (χ3n) is 3.35. The lowest BCUT2D eigenvalue weighted by Crippen LogP contribution is -2.01. The van der Waals surface area contributed by atoms with E-state index in [2.05, 4.69) is 37.0 Å². The summed E-state index contributed by atoms with van der Waals surface area (Å²) in [6.45, 7) is 4.16. The van der Waals surface area contributed by atoms with Gasteiger partial charge in [-0.3, -0.25) is 4.57 Å². The minimum atomic E-state index is 0.484. The fraction of sp³-hybridized carbons (Fsp3) is 0.188. The van der Waals surface area contributed by atoms with E-state index in [4.69, 9.17) is 10.5 Å². The monoisotopic (exact) mass is 267 g/mol. The lowest BCUT2D eigenvalue weighted by molar-refractivity contribution is 0.415. The molecule has 1 heterocycles. The first-order valence-corrected chi connectivity index (χ1v) is 6.49. The van der Waals surface area contributed by atoms with Crippen molar-refractivity contribution in [1.29, 1.82) is 0 Å². The molecule has 2 N–H and O–H groups in total. The molecule has 0 amide bonds. The predicted molar refractivity (Wildman–Crippen MR) is 81.5 cm³/mol. The first kappa shape index (κ1) is 12.5. The van der Waals surface area contributed by atoms with Crippen LogP contribution in [0.4, 0.5) is 5.95 Å². The average molecular weight is 267 g/mol. The topological polar surface area (TPSA) is 53.1 Å². The maximum atomic E-state index is 6.09. The van der Waals surface area contributed by atoms with E-state index in [1.807, 2.05) is 22.8 Å². The fourth-order valence-corrected chi connectivity index (χ4v) is 2.56. The van der Waals surface area contributed by atoms with Crippen molar-refractivity contribution in [3.05, 3.63) is 47.5 Å². The summed E-state index contributed by atoms with van der Waals surface area (Å²) >= 11 is 0. The van der Waals surface area contributed by atoms with E-state index < -0.39 is 0 Å². The van der Waals surface area contributed by atoms with Gasteiger partial charge in [0.25, 0.3) is 0 Å². The minimum absolute atomic E-state index is 0.484. The number of ether oxygens (including phenoxy) is 1. The van der Waals surface area contributed by atoms with Crippen LogP contribution in [-0.4, -0.2) is 16.7 Å². The van der Waals surface area contributed by atoms with Crippen LogP contribution < -0.4 is 10.5 Å². The van der Waals surface area contributed by atoms with Gasteiger partial charge >= 0.3 is 0 Å². The van der Waals surface area contributed by atoms with Gasteiger partial charge in [0, 0.05) is 11.8 Å². The van der Waals surface area contributed by atoms with Crippen LogP contribution in [0.5, 0.6) is 5.75 Å². The quantitative estimate of drug-likeness (QED) is 0.775. The van der Waals surface area contributed by atoms with Crippen molar-refractivity contribution in [3.63, 3.8) is 0 Å². The number of fused-ring (bicyclic) bond motifs is 1. The van der Waals surface area contributed by atoms with Crippen molar-refractivity contribution in [3.8, 4) is 11.4 Å². The summed E-state index contributed by atoms with van der Waals surface area (Å²) in [5.41, 5.74) is 11.3. The highest BCUT2D eigenvalue weighted by molar-refractivity contribution is 5.82. The van der Waals surface area contributed by atoms with Crippen LogP contribution in [0.2, 0.25) is 0 Å². The van der Waals surface area contributed by atoms with Gasteiger partial charge in [0.05, 0.1) is 18.1 Å². The Labute approximate surface area is 117 Å². The zero-order chi connectivity index (χ0) is 14.3. The van der Waals surface area contributed by atoms with Crippen LogP contribution in [0.15, 0.2) is 36.4 Å². The van der Waals surface area contributed by atoms with Gasteiger partial charge in [-0.1, -0.05) is 6.07 Å². The van der Waals surface area contributed by atoms with Crippen molar-refractivity contribution in [1.82, 2.24) is 9.55 Å². The number of anilines is 1. The summed E-state index contributed by atoms with van der Waals surface area (Å²) in [6, 6.07) is 12.1. The Kier molecular flexibility index (Phi) is 2.86. The normalized spacial score (nSPS) is 10.9. The first-order valence-electron chi connectivity index (χ1n) is 6.49. The summed E-state index contributed by atoms with van der Waals surface area (Å²) in [7, 11) is 1.64. The van der Waals surface area contributed by atoms with Crippen LogP contribution >= 0.6 is 0 Å². The van der Waals surface area contributed by atoms with E-state index in [9.17, 15) is 0 Å². The van der Waals surface area contributed by atoms with Gasteiger partial charge in [0.15, 0.2) is 0 Å². The van der Waals surface area contributed by atoms with Crippen LogP contribution in [0.3, 0.4) is 0 Å². The lowest BCUT2D eigenvalue weighted by atomic mass is 10.1. The molecule has 0 aliphatic rings. The summed E-state index contributed by atoms with van der Waals surface area (Å²) in [6.07, 6.45) is 0. The van der Waals surface area contributed by atoms with E-state index in [0.29, 0.717) is 5.95 Å². The van der Waals surface area contributed by atoms with Gasteiger partial charge in [0.2, 0.25) is 5.95 Å². The molecule has 0 saturated carbocycles. The standard InChI is InChI=1S/C16H17N3O/c1-10-6-11(2)8-12(7-10)19-15-5-4-13(20-3)9-14(15)18-16(19)17/h4-9H,1-3H3,(H2,17,18). The maximum absolute atomic E-state index is 6.09. The first-order chi connectivity index (χ1) is 9.58. The lowest BCUT2D eigenvalue weighted by Gasteiger charge is -2.09. The van der Waals surface area contributed by atoms with Gasteiger partial charge < -0.3 is 10.5 Å². The van der Waals surface area contributed by atoms with E-state index in [0.717, 1.165) is 22.5 Å². The van der Waals surface area contributed by atoms with Gasteiger partial charge in [-0.05, 0) is 49.2 Å². The Morgan fingerprint density at radius 1 is 1.05 bits per heavy atom. The number of nitrogen functional groups attached to an aromatic ring is 1. The SMILES string of the molecule is COc1ccc2c(c1)nc(N)n2-c1cc(C)cc(C)c1. The molecule has 0 fully saturated rings. The van der Waals surface area contributed by atoms with Crippen molar-refractivity contribution in [2.75, 3.05) is 12.8 Å². The number of methoxy groups -OCH3 is 1. The van der Waals surface area contributed by atoms with Gasteiger partial charge in [0.1, 0.15) is 5.75 Å². The molecule has 3 rings (SSSR count). The molecule has 0 unspecified atom stereocenters. The molecule has 20 heavy (non-hydrogen) atoms. The zero-order valence-corrected chi connectivity index (χ0v) is 11.8. The van der Waals surface area contributed by atoms with Crippen LogP contribution in [0, 0.1) is 13.8 Å². The van der Waals surface area contributed by atoms with Gasteiger partial charge in [-0.15, -0.1) is 0 Å². The second-order valence-electron chi connectivity index (χ2n) is 5.01. The second-order valence-corrected chi connectivity index (χ2v) is 5.01. The largest absolute Gasteiger partial charge is 0.497 e. The minimum Gasteiger partial charge on any atom is -0.497 e. The Bertz CT molecular complexity index is 770. The Balaban J connectivity index is 2.27. The molecule has 0 aliphatic heterocycles. The van der Waals surface area contributed by atoms with E-state index in [1.54, 1.807) is 7.11 Å². The van der Waals surface area contributed by atoms with Crippen molar-refractivity contribution < 1.29 is 4.74 Å². The molecule has 0 bridgehead atoms. The molecular formula is C16H17N3O. The highest BCUT2D eigenvalue weighted by Crippen LogP contribution is 2.27. The molecule has 102 valence electrons. The molecule has 0 radical (unpaired) electrons. The molecule has 1 aromatic heterocycles. The highest BCUT2D eigenvalue weighted by atomic mass is 16.5. The molecular weight excluding hydrogens is 250 g/mol.